The smallest absolute Gasteiger partial charge is 0.0686 e. The second-order valence-electron chi connectivity index (χ2n) is 5.75. The molecule has 18 heavy (non-hydrogen) atoms. The number of thiophene rings is 1. The highest BCUT2D eigenvalue weighted by molar-refractivity contribution is 7.10. The number of aryl methyl sites for hydroxylation is 1. The van der Waals surface area contributed by atoms with Gasteiger partial charge in [-0.15, -0.1) is 11.3 Å². The van der Waals surface area contributed by atoms with Gasteiger partial charge in [-0.25, -0.2) is 0 Å². The highest BCUT2D eigenvalue weighted by Crippen LogP contribution is 2.47. The second kappa shape index (κ2) is 4.93. The molecular weight excluding hydrogens is 244 g/mol. The molecule has 0 radical (unpaired) electrons. The van der Waals surface area contributed by atoms with E-state index in [-0.39, 0.29) is 5.60 Å². The Labute approximate surface area is 113 Å². The molecule has 3 N–H and O–H groups in total. The molecule has 1 aliphatic carbocycles. The van der Waals surface area contributed by atoms with Gasteiger partial charge >= 0.3 is 0 Å². The lowest BCUT2D eigenvalue weighted by atomic mass is 9.70. The van der Waals surface area contributed by atoms with Gasteiger partial charge in [0, 0.05) is 11.5 Å². The lowest BCUT2D eigenvalue weighted by Crippen LogP contribution is -2.48. The van der Waals surface area contributed by atoms with Crippen molar-refractivity contribution in [1.29, 1.82) is 0 Å². The summed E-state index contributed by atoms with van der Waals surface area (Å²) in [6, 6.07) is 2.48. The van der Waals surface area contributed by atoms with Gasteiger partial charge < -0.3 is 4.74 Å². The minimum absolute atomic E-state index is 0.198. The Bertz CT molecular complexity index is 414. The maximum Gasteiger partial charge on any atom is 0.0686 e. The lowest BCUT2D eigenvalue weighted by molar-refractivity contribution is -0.147. The quantitative estimate of drug-likeness (QED) is 0.653. The van der Waals surface area contributed by atoms with Crippen LogP contribution in [0.1, 0.15) is 48.6 Å². The molecule has 4 heteroatoms. The fraction of sp³-hybridized carbons (Fsp3) is 0.714. The SMILES string of the molecule is Cc1ccsc1C(NN)C1CCOC2(CCC2)C1. The van der Waals surface area contributed by atoms with Gasteiger partial charge in [-0.3, -0.25) is 11.3 Å². The third-order valence-corrected chi connectivity index (χ3v) is 5.73. The van der Waals surface area contributed by atoms with E-state index in [1.54, 1.807) is 0 Å². The molecule has 1 aliphatic heterocycles. The Morgan fingerprint density at radius 2 is 2.39 bits per heavy atom. The zero-order valence-electron chi connectivity index (χ0n) is 10.9. The van der Waals surface area contributed by atoms with Crippen LogP contribution in [0, 0.1) is 12.8 Å². The summed E-state index contributed by atoms with van der Waals surface area (Å²) in [6.07, 6.45) is 6.09. The van der Waals surface area contributed by atoms with Crippen molar-refractivity contribution in [3.63, 3.8) is 0 Å². The second-order valence-corrected chi connectivity index (χ2v) is 6.70. The van der Waals surface area contributed by atoms with Gasteiger partial charge in [0.2, 0.25) is 0 Å². The zero-order chi connectivity index (χ0) is 12.6. The molecule has 2 heterocycles. The van der Waals surface area contributed by atoms with Gasteiger partial charge in [0.05, 0.1) is 11.6 Å². The zero-order valence-corrected chi connectivity index (χ0v) is 11.8. The summed E-state index contributed by atoms with van der Waals surface area (Å²) in [5, 5.41) is 2.16. The first-order chi connectivity index (χ1) is 8.74. The highest BCUT2D eigenvalue weighted by Gasteiger charge is 2.44. The first-order valence-corrected chi connectivity index (χ1v) is 7.76. The number of rotatable bonds is 3. The number of nitrogens with two attached hydrogens (primary N) is 1. The van der Waals surface area contributed by atoms with Crippen molar-refractivity contribution in [2.75, 3.05) is 6.61 Å². The van der Waals surface area contributed by atoms with Crippen LogP contribution < -0.4 is 11.3 Å². The van der Waals surface area contributed by atoms with Gasteiger partial charge in [0.25, 0.3) is 0 Å². The molecule has 1 saturated carbocycles. The van der Waals surface area contributed by atoms with E-state index in [9.17, 15) is 0 Å². The van der Waals surface area contributed by atoms with Crippen LogP contribution in [0.25, 0.3) is 0 Å². The Morgan fingerprint density at radius 3 is 2.94 bits per heavy atom. The number of hydrogen-bond donors (Lipinski definition) is 2. The van der Waals surface area contributed by atoms with Crippen molar-refractivity contribution in [3.8, 4) is 0 Å². The van der Waals surface area contributed by atoms with Crippen LogP contribution >= 0.6 is 11.3 Å². The minimum Gasteiger partial charge on any atom is -0.375 e. The molecule has 100 valence electrons. The van der Waals surface area contributed by atoms with E-state index in [2.05, 4.69) is 23.8 Å². The monoisotopic (exact) mass is 266 g/mol. The summed E-state index contributed by atoms with van der Waals surface area (Å²) in [6.45, 7) is 3.07. The van der Waals surface area contributed by atoms with Crippen LogP contribution in [0.2, 0.25) is 0 Å². The molecule has 2 atom stereocenters. The van der Waals surface area contributed by atoms with Crippen LogP contribution in [0.4, 0.5) is 0 Å². The summed E-state index contributed by atoms with van der Waals surface area (Å²) in [7, 11) is 0. The van der Waals surface area contributed by atoms with Gasteiger partial charge in [0.15, 0.2) is 0 Å². The van der Waals surface area contributed by atoms with E-state index in [0.29, 0.717) is 12.0 Å². The van der Waals surface area contributed by atoms with Crippen LogP contribution in [0.3, 0.4) is 0 Å². The van der Waals surface area contributed by atoms with Gasteiger partial charge in [-0.05, 0) is 62.0 Å². The minimum atomic E-state index is 0.198. The molecule has 1 spiro atoms. The molecular formula is C14H22N2OS. The van der Waals surface area contributed by atoms with E-state index in [1.165, 1.54) is 36.1 Å². The fourth-order valence-electron chi connectivity index (χ4n) is 3.40. The molecule has 1 aromatic rings. The fourth-order valence-corrected chi connectivity index (χ4v) is 4.48. The molecule has 3 nitrogen and oxygen atoms in total. The van der Waals surface area contributed by atoms with Crippen molar-refractivity contribution in [1.82, 2.24) is 5.43 Å². The third-order valence-electron chi connectivity index (χ3n) is 4.63. The molecule has 2 fully saturated rings. The Kier molecular flexibility index (Phi) is 3.45. The number of hydrazine groups is 1. The normalized spacial score (nSPS) is 28.0. The molecule has 3 rings (SSSR count). The lowest BCUT2D eigenvalue weighted by Gasteiger charge is -2.48. The maximum absolute atomic E-state index is 6.01. The predicted molar refractivity (Wildman–Crippen MR) is 74.4 cm³/mol. The van der Waals surface area contributed by atoms with Crippen molar-refractivity contribution in [2.45, 2.75) is 50.7 Å². The molecule has 0 amide bonds. The van der Waals surface area contributed by atoms with Gasteiger partial charge in [-0.1, -0.05) is 0 Å². The van der Waals surface area contributed by atoms with Crippen LogP contribution in [0.5, 0.6) is 0 Å². The van der Waals surface area contributed by atoms with Crippen LogP contribution in [-0.4, -0.2) is 12.2 Å². The molecule has 1 aromatic heterocycles. The van der Waals surface area contributed by atoms with E-state index < -0.39 is 0 Å². The van der Waals surface area contributed by atoms with E-state index >= 15 is 0 Å². The molecule has 0 aromatic carbocycles. The van der Waals surface area contributed by atoms with Crippen molar-refractivity contribution < 1.29 is 4.74 Å². The largest absolute Gasteiger partial charge is 0.375 e. The Morgan fingerprint density at radius 1 is 1.56 bits per heavy atom. The Balaban J connectivity index is 1.77. The molecule has 2 aliphatic rings. The Hall–Kier alpha value is -0.420. The first kappa shape index (κ1) is 12.6. The van der Waals surface area contributed by atoms with Crippen molar-refractivity contribution in [2.24, 2.45) is 11.8 Å². The topological polar surface area (TPSA) is 47.3 Å². The molecule has 2 unspecified atom stereocenters. The van der Waals surface area contributed by atoms with E-state index in [4.69, 9.17) is 10.6 Å². The first-order valence-electron chi connectivity index (χ1n) is 6.88. The van der Waals surface area contributed by atoms with Gasteiger partial charge in [-0.2, -0.15) is 0 Å². The summed E-state index contributed by atoms with van der Waals surface area (Å²) in [5.74, 6) is 6.44. The standard InChI is InChI=1S/C14H22N2OS/c1-10-4-8-18-13(10)12(16-15)11-3-7-17-14(9-11)5-2-6-14/h4,8,11-12,16H,2-3,5-7,9,15H2,1H3. The number of ether oxygens (including phenoxy) is 1. The van der Waals surface area contributed by atoms with Crippen LogP contribution in [-0.2, 0) is 4.74 Å². The molecule has 1 saturated heterocycles. The predicted octanol–water partition coefficient (Wildman–Crippen LogP) is 2.91. The summed E-state index contributed by atoms with van der Waals surface area (Å²) >= 11 is 1.82. The van der Waals surface area contributed by atoms with E-state index in [0.717, 1.165) is 13.0 Å². The van der Waals surface area contributed by atoms with E-state index in [1.807, 2.05) is 11.3 Å². The highest BCUT2D eigenvalue weighted by atomic mass is 32.1. The third kappa shape index (κ3) is 2.11. The van der Waals surface area contributed by atoms with Crippen molar-refractivity contribution >= 4 is 11.3 Å². The summed E-state index contributed by atoms with van der Waals surface area (Å²) in [4.78, 5) is 1.40. The molecule has 0 bridgehead atoms. The van der Waals surface area contributed by atoms with Gasteiger partial charge in [0.1, 0.15) is 0 Å². The maximum atomic E-state index is 6.01. The van der Waals surface area contributed by atoms with Crippen LogP contribution in [0.15, 0.2) is 11.4 Å². The number of nitrogens with one attached hydrogen (secondary N) is 1. The average molecular weight is 266 g/mol. The summed E-state index contributed by atoms with van der Waals surface area (Å²) in [5.41, 5.74) is 4.61. The summed E-state index contributed by atoms with van der Waals surface area (Å²) < 4.78 is 6.01. The average Bonchev–Trinajstić information content (AvgIpc) is 2.75. The number of hydrogen-bond acceptors (Lipinski definition) is 4. The van der Waals surface area contributed by atoms with Crippen molar-refractivity contribution in [3.05, 3.63) is 21.9 Å².